The number of amides is 1. The summed E-state index contributed by atoms with van der Waals surface area (Å²) in [5.41, 5.74) is 4.14. The molecule has 1 fully saturated rings. The van der Waals surface area contributed by atoms with Gasteiger partial charge in [-0.2, -0.15) is 0 Å². The normalized spacial score (nSPS) is 15.2. The monoisotopic (exact) mass is 466 g/mol. The van der Waals surface area contributed by atoms with Crippen molar-refractivity contribution >= 4 is 18.0 Å². The van der Waals surface area contributed by atoms with Gasteiger partial charge < -0.3 is 14.7 Å². The molecule has 1 atom stereocenters. The van der Waals surface area contributed by atoms with E-state index in [0.717, 1.165) is 53.3 Å². The number of ether oxygens (including phenoxy) is 1. The molecular weight excluding hydrogens is 436 g/mol. The van der Waals surface area contributed by atoms with Crippen LogP contribution in [0, 0.1) is 6.92 Å². The van der Waals surface area contributed by atoms with E-state index in [-0.39, 0.29) is 12.5 Å². The lowest BCUT2D eigenvalue weighted by molar-refractivity contribution is -0.117. The largest absolute Gasteiger partial charge is 0.457 e. The summed E-state index contributed by atoms with van der Waals surface area (Å²) < 4.78 is 6.10. The highest BCUT2D eigenvalue weighted by molar-refractivity contribution is 6.30. The van der Waals surface area contributed by atoms with Gasteiger partial charge in [0.2, 0.25) is 6.41 Å². The zero-order chi connectivity index (χ0) is 23.8. The highest BCUT2D eigenvalue weighted by Gasteiger charge is 2.24. The average molecular weight is 467 g/mol. The summed E-state index contributed by atoms with van der Waals surface area (Å²) in [4.78, 5) is 16.7. The Morgan fingerprint density at radius 1 is 1.21 bits per heavy atom. The maximum atomic E-state index is 10.9. The van der Waals surface area contributed by atoms with E-state index in [1.54, 1.807) is 11.1 Å². The third kappa shape index (κ3) is 6.80. The van der Waals surface area contributed by atoms with Crippen LogP contribution in [-0.2, 0) is 11.4 Å². The first-order valence-electron chi connectivity index (χ1n) is 11.2. The van der Waals surface area contributed by atoms with Crippen molar-refractivity contribution in [1.29, 1.82) is 0 Å². The van der Waals surface area contributed by atoms with Crippen molar-refractivity contribution in [1.82, 2.24) is 9.88 Å². The maximum absolute atomic E-state index is 10.9. The van der Waals surface area contributed by atoms with Crippen molar-refractivity contribution < 1.29 is 14.6 Å². The molecule has 3 aromatic rings. The van der Waals surface area contributed by atoms with Crippen molar-refractivity contribution in [2.75, 3.05) is 13.1 Å². The molecule has 1 amide bonds. The number of hydrogen-bond donors (Lipinski definition) is 1. The number of aromatic nitrogens is 1. The molecule has 1 N–H and O–H groups in total. The van der Waals surface area contributed by atoms with E-state index >= 15 is 0 Å². The molecule has 174 valence electrons. The van der Waals surface area contributed by atoms with Crippen LogP contribution in [-0.4, -0.2) is 34.5 Å². The van der Waals surface area contributed by atoms with Gasteiger partial charge in [-0.3, -0.25) is 9.78 Å². The topological polar surface area (TPSA) is 62.7 Å². The van der Waals surface area contributed by atoms with Gasteiger partial charge in [0.25, 0.3) is 0 Å². The number of rotatable bonds is 6. The molecule has 1 aliphatic rings. The molecule has 2 heterocycles. The van der Waals surface area contributed by atoms with Crippen LogP contribution in [0.25, 0.3) is 0 Å². The Morgan fingerprint density at radius 3 is 2.61 bits per heavy atom. The van der Waals surface area contributed by atoms with Crippen LogP contribution in [0.15, 0.2) is 60.8 Å². The van der Waals surface area contributed by atoms with Crippen LogP contribution in [0.4, 0.5) is 0 Å². The summed E-state index contributed by atoms with van der Waals surface area (Å²) >= 11 is 5.55. The first-order valence-corrected chi connectivity index (χ1v) is 11.6. The molecule has 2 aromatic carbocycles. The quantitative estimate of drug-likeness (QED) is 0.447. The fourth-order valence-corrected chi connectivity index (χ4v) is 4.06. The molecule has 1 unspecified atom stereocenters. The summed E-state index contributed by atoms with van der Waals surface area (Å²) in [6, 6.07) is 17.6. The number of halogens is 1. The number of likely N-dealkylation sites (tertiary alicyclic amines) is 1. The molecule has 4 rings (SSSR count). The van der Waals surface area contributed by atoms with Crippen molar-refractivity contribution in [2.24, 2.45) is 0 Å². The Balaban J connectivity index is 0.000000323. The Kier molecular flexibility index (Phi) is 8.87. The van der Waals surface area contributed by atoms with Gasteiger partial charge in [0.05, 0.1) is 11.6 Å². The fourth-order valence-electron chi connectivity index (χ4n) is 3.94. The summed E-state index contributed by atoms with van der Waals surface area (Å²) in [5, 5.41) is 10.5. The molecule has 6 heteroatoms. The fraction of sp³-hybridized carbons (Fsp3) is 0.333. The number of carbonyl (C=O) groups excluding carboxylic acids is 1. The summed E-state index contributed by atoms with van der Waals surface area (Å²) in [5.74, 6) is 2.23. The van der Waals surface area contributed by atoms with Gasteiger partial charge in [-0.05, 0) is 66.3 Å². The van der Waals surface area contributed by atoms with Crippen LogP contribution < -0.4 is 4.74 Å². The Hall–Kier alpha value is -2.89. The van der Waals surface area contributed by atoms with Gasteiger partial charge in [0.1, 0.15) is 11.5 Å². The second kappa shape index (κ2) is 11.8. The van der Waals surface area contributed by atoms with Crippen LogP contribution in [0.5, 0.6) is 11.5 Å². The number of hydrogen-bond acceptors (Lipinski definition) is 4. The molecule has 1 aromatic heterocycles. The lowest BCUT2D eigenvalue weighted by Gasteiger charge is -2.18. The number of nitrogens with zero attached hydrogens (tertiary/aromatic N) is 2. The number of pyridine rings is 1. The van der Waals surface area contributed by atoms with Gasteiger partial charge >= 0.3 is 0 Å². The zero-order valence-corrected chi connectivity index (χ0v) is 20.1. The number of aliphatic hydroxyl groups is 1. The van der Waals surface area contributed by atoms with E-state index in [9.17, 15) is 9.90 Å². The summed E-state index contributed by atoms with van der Waals surface area (Å²) in [7, 11) is 0. The highest BCUT2D eigenvalue weighted by atomic mass is 35.5. The highest BCUT2D eigenvalue weighted by Crippen LogP contribution is 2.34. The third-order valence-corrected chi connectivity index (χ3v) is 5.96. The van der Waals surface area contributed by atoms with Gasteiger partial charge in [0.15, 0.2) is 0 Å². The maximum Gasteiger partial charge on any atom is 0.209 e. The van der Waals surface area contributed by atoms with Crippen LogP contribution in [0.3, 0.4) is 0 Å². The minimum atomic E-state index is -0.0318. The number of aryl methyl sites for hydroxylation is 1. The van der Waals surface area contributed by atoms with Crippen molar-refractivity contribution in [3.05, 3.63) is 88.2 Å². The molecule has 0 spiro atoms. The Bertz CT molecular complexity index is 1030. The van der Waals surface area contributed by atoms with Crippen molar-refractivity contribution in [3.8, 4) is 11.5 Å². The van der Waals surface area contributed by atoms with Crippen molar-refractivity contribution in [2.45, 2.75) is 45.6 Å². The summed E-state index contributed by atoms with van der Waals surface area (Å²) in [6.07, 6.45) is 3.47. The van der Waals surface area contributed by atoms with Gasteiger partial charge in [-0.1, -0.05) is 49.7 Å². The number of benzene rings is 2. The van der Waals surface area contributed by atoms with Crippen LogP contribution in [0.2, 0.25) is 5.02 Å². The molecule has 1 aliphatic heterocycles. The van der Waals surface area contributed by atoms with Crippen LogP contribution >= 0.6 is 11.6 Å². The predicted molar refractivity (Wildman–Crippen MR) is 132 cm³/mol. The first-order chi connectivity index (χ1) is 15.9. The first kappa shape index (κ1) is 24.7. The standard InChI is InChI=1S/C21H25NO3.C6H6ClN/c1-15(2)19-5-3-4-6-21(19)25-18-7-8-20(17(11-18)13-23)16-9-10-22(12-16)14-24;1-5-2-3-6(7)4-8-5/h3-8,11,14-16,23H,9-10,12-13H2,1-2H3;2-4H,1H3. The lowest BCUT2D eigenvalue weighted by Crippen LogP contribution is -2.17. The Morgan fingerprint density at radius 2 is 2.00 bits per heavy atom. The zero-order valence-electron chi connectivity index (χ0n) is 19.4. The van der Waals surface area contributed by atoms with Crippen molar-refractivity contribution in [3.63, 3.8) is 0 Å². The number of carbonyl (C=O) groups is 1. The molecular formula is C27H31ClN2O3. The minimum absolute atomic E-state index is 0.0318. The number of para-hydroxylation sites is 1. The van der Waals surface area contributed by atoms with E-state index in [1.165, 1.54) is 0 Å². The second-order valence-electron chi connectivity index (χ2n) is 8.52. The molecule has 0 radical (unpaired) electrons. The number of aliphatic hydroxyl groups excluding tert-OH is 1. The molecule has 33 heavy (non-hydrogen) atoms. The molecule has 5 nitrogen and oxygen atoms in total. The SMILES string of the molecule is CC(C)c1ccccc1Oc1ccc(C2CCN(C=O)C2)c(CO)c1.Cc1ccc(Cl)cn1. The van der Waals surface area contributed by atoms with Gasteiger partial charge in [-0.25, -0.2) is 0 Å². The minimum Gasteiger partial charge on any atom is -0.457 e. The van der Waals surface area contributed by atoms with E-state index in [1.807, 2.05) is 55.5 Å². The van der Waals surface area contributed by atoms with Gasteiger partial charge in [0, 0.05) is 30.9 Å². The smallest absolute Gasteiger partial charge is 0.209 e. The second-order valence-corrected chi connectivity index (χ2v) is 8.95. The lowest BCUT2D eigenvalue weighted by atomic mass is 9.93. The van der Waals surface area contributed by atoms with Crippen LogP contribution in [0.1, 0.15) is 54.5 Å². The van der Waals surface area contributed by atoms with E-state index in [4.69, 9.17) is 16.3 Å². The average Bonchev–Trinajstić information content (AvgIpc) is 3.31. The van der Waals surface area contributed by atoms with E-state index in [2.05, 4.69) is 24.9 Å². The molecule has 1 saturated heterocycles. The summed E-state index contributed by atoms with van der Waals surface area (Å²) in [6.45, 7) is 7.67. The van der Waals surface area contributed by atoms with E-state index < -0.39 is 0 Å². The molecule has 0 bridgehead atoms. The Labute approximate surface area is 201 Å². The third-order valence-electron chi connectivity index (χ3n) is 5.74. The van der Waals surface area contributed by atoms with Gasteiger partial charge in [-0.15, -0.1) is 0 Å². The molecule has 0 aliphatic carbocycles. The molecule has 0 saturated carbocycles. The van der Waals surface area contributed by atoms with E-state index in [0.29, 0.717) is 17.5 Å². The predicted octanol–water partition coefficient (Wildman–Crippen LogP) is 6.08.